The first-order valence-electron chi connectivity index (χ1n) is 6.31. The van der Waals surface area contributed by atoms with E-state index in [-0.39, 0.29) is 5.91 Å². The first-order chi connectivity index (χ1) is 9.99. The SMILES string of the molecule is COc1cccc(OC)c1C(=O)Nc1c(N)c(C)nn1C. The number of methoxy groups -OCH3 is 2. The molecule has 1 aromatic carbocycles. The number of rotatable bonds is 4. The first-order valence-corrected chi connectivity index (χ1v) is 6.31. The van der Waals surface area contributed by atoms with Gasteiger partial charge in [-0.3, -0.25) is 9.48 Å². The van der Waals surface area contributed by atoms with Crippen LogP contribution < -0.4 is 20.5 Å². The molecule has 112 valence electrons. The zero-order chi connectivity index (χ0) is 15.6. The number of hydrogen-bond acceptors (Lipinski definition) is 5. The van der Waals surface area contributed by atoms with E-state index in [0.29, 0.717) is 34.3 Å². The summed E-state index contributed by atoms with van der Waals surface area (Å²) in [5, 5.41) is 6.90. The predicted molar refractivity (Wildman–Crippen MR) is 79.9 cm³/mol. The lowest BCUT2D eigenvalue weighted by atomic mass is 10.1. The summed E-state index contributed by atoms with van der Waals surface area (Å²) < 4.78 is 12.0. The van der Waals surface area contributed by atoms with E-state index < -0.39 is 0 Å². The number of carbonyl (C=O) groups excluding carboxylic acids is 1. The third-order valence-corrected chi connectivity index (χ3v) is 3.16. The topological polar surface area (TPSA) is 91.4 Å². The van der Waals surface area contributed by atoms with E-state index in [9.17, 15) is 4.79 Å². The molecule has 7 nitrogen and oxygen atoms in total. The van der Waals surface area contributed by atoms with Crippen molar-refractivity contribution < 1.29 is 14.3 Å². The van der Waals surface area contributed by atoms with Crippen LogP contribution in [0.5, 0.6) is 11.5 Å². The molecule has 0 saturated heterocycles. The summed E-state index contributed by atoms with van der Waals surface area (Å²) >= 11 is 0. The lowest BCUT2D eigenvalue weighted by Gasteiger charge is -2.13. The number of benzene rings is 1. The highest BCUT2D eigenvalue weighted by atomic mass is 16.5. The van der Waals surface area contributed by atoms with Gasteiger partial charge in [0, 0.05) is 7.05 Å². The first kappa shape index (κ1) is 14.7. The van der Waals surface area contributed by atoms with Gasteiger partial charge < -0.3 is 20.5 Å². The van der Waals surface area contributed by atoms with Crippen LogP contribution >= 0.6 is 0 Å². The summed E-state index contributed by atoms with van der Waals surface area (Å²) in [6, 6.07) is 5.13. The standard InChI is InChI=1S/C14H18N4O3/c1-8-12(15)13(18(2)17-8)16-14(19)11-9(20-3)6-5-7-10(11)21-4/h5-7H,15H2,1-4H3,(H,16,19). The van der Waals surface area contributed by atoms with Crippen LogP contribution in [0.4, 0.5) is 11.5 Å². The maximum atomic E-state index is 12.5. The van der Waals surface area contributed by atoms with Crippen molar-refractivity contribution in [2.45, 2.75) is 6.92 Å². The quantitative estimate of drug-likeness (QED) is 0.892. The van der Waals surface area contributed by atoms with Gasteiger partial charge in [-0.25, -0.2) is 0 Å². The lowest BCUT2D eigenvalue weighted by molar-refractivity contribution is 0.102. The highest BCUT2D eigenvalue weighted by molar-refractivity contribution is 6.09. The van der Waals surface area contributed by atoms with E-state index in [4.69, 9.17) is 15.2 Å². The number of nitrogens with zero attached hydrogens (tertiary/aromatic N) is 2. The van der Waals surface area contributed by atoms with Gasteiger partial charge in [-0.05, 0) is 19.1 Å². The summed E-state index contributed by atoms with van der Waals surface area (Å²) in [7, 11) is 4.70. The molecule has 0 radical (unpaired) electrons. The average molecular weight is 290 g/mol. The minimum Gasteiger partial charge on any atom is -0.496 e. The molecule has 7 heteroatoms. The maximum absolute atomic E-state index is 12.5. The highest BCUT2D eigenvalue weighted by Crippen LogP contribution is 2.30. The van der Waals surface area contributed by atoms with Crippen molar-refractivity contribution in [2.75, 3.05) is 25.3 Å². The molecule has 2 rings (SSSR count). The van der Waals surface area contributed by atoms with E-state index in [1.807, 2.05) is 0 Å². The largest absolute Gasteiger partial charge is 0.496 e. The number of aryl methyl sites for hydroxylation is 2. The Bertz CT molecular complexity index is 657. The Balaban J connectivity index is 2.41. The summed E-state index contributed by atoms with van der Waals surface area (Å²) in [6.07, 6.45) is 0. The van der Waals surface area contributed by atoms with Crippen molar-refractivity contribution in [3.8, 4) is 11.5 Å². The van der Waals surface area contributed by atoms with Crippen LogP contribution in [0.3, 0.4) is 0 Å². The molecular weight excluding hydrogens is 272 g/mol. The van der Waals surface area contributed by atoms with Crippen LogP contribution in [0.15, 0.2) is 18.2 Å². The van der Waals surface area contributed by atoms with Crippen LogP contribution in [-0.4, -0.2) is 29.9 Å². The molecule has 0 aliphatic heterocycles. The van der Waals surface area contributed by atoms with Gasteiger partial charge in [-0.15, -0.1) is 0 Å². The van der Waals surface area contributed by atoms with E-state index in [2.05, 4.69) is 10.4 Å². The Morgan fingerprint density at radius 1 is 1.29 bits per heavy atom. The zero-order valence-electron chi connectivity index (χ0n) is 12.4. The number of nitrogen functional groups attached to an aromatic ring is 1. The van der Waals surface area contributed by atoms with Gasteiger partial charge in [0.25, 0.3) is 5.91 Å². The van der Waals surface area contributed by atoms with Crippen molar-refractivity contribution in [1.82, 2.24) is 9.78 Å². The second-order valence-corrected chi connectivity index (χ2v) is 4.46. The van der Waals surface area contributed by atoms with Crippen molar-refractivity contribution in [3.63, 3.8) is 0 Å². The Labute approximate surface area is 122 Å². The molecule has 1 aromatic heterocycles. The zero-order valence-corrected chi connectivity index (χ0v) is 12.4. The normalized spacial score (nSPS) is 10.3. The minimum absolute atomic E-state index is 0.306. The van der Waals surface area contributed by atoms with E-state index in [1.54, 1.807) is 32.2 Å². The predicted octanol–water partition coefficient (Wildman–Crippen LogP) is 1.58. The molecule has 0 atom stereocenters. The van der Waals surface area contributed by atoms with Gasteiger partial charge in [-0.1, -0.05) is 6.07 Å². The van der Waals surface area contributed by atoms with Crippen molar-refractivity contribution in [3.05, 3.63) is 29.5 Å². The van der Waals surface area contributed by atoms with Crippen LogP contribution in [0, 0.1) is 6.92 Å². The number of ether oxygens (including phenoxy) is 2. The Hall–Kier alpha value is -2.70. The van der Waals surface area contributed by atoms with E-state index in [1.165, 1.54) is 18.9 Å². The smallest absolute Gasteiger partial charge is 0.264 e. The molecule has 1 amide bonds. The second-order valence-electron chi connectivity index (χ2n) is 4.46. The second kappa shape index (κ2) is 5.74. The Morgan fingerprint density at radius 2 is 1.86 bits per heavy atom. The molecule has 0 saturated carbocycles. The molecule has 0 spiro atoms. The van der Waals surface area contributed by atoms with Gasteiger partial charge >= 0.3 is 0 Å². The van der Waals surface area contributed by atoms with Gasteiger partial charge in [0.05, 0.1) is 25.6 Å². The highest BCUT2D eigenvalue weighted by Gasteiger charge is 2.21. The molecule has 3 N–H and O–H groups in total. The number of aromatic nitrogens is 2. The van der Waals surface area contributed by atoms with Gasteiger partial charge in [0.2, 0.25) is 0 Å². The molecule has 0 aliphatic carbocycles. The summed E-state index contributed by atoms with van der Waals surface area (Å²) in [5.74, 6) is 0.901. The molecule has 0 unspecified atom stereocenters. The Kier molecular flexibility index (Phi) is 4.02. The monoisotopic (exact) mass is 290 g/mol. The molecular formula is C14H18N4O3. The molecule has 21 heavy (non-hydrogen) atoms. The minimum atomic E-state index is -0.376. The van der Waals surface area contributed by atoms with Gasteiger partial charge in [0.15, 0.2) is 5.82 Å². The number of nitrogens with one attached hydrogen (secondary N) is 1. The number of amides is 1. The van der Waals surface area contributed by atoms with E-state index >= 15 is 0 Å². The summed E-state index contributed by atoms with van der Waals surface area (Å²) in [5.41, 5.74) is 7.30. The molecule has 0 aliphatic rings. The third-order valence-electron chi connectivity index (χ3n) is 3.16. The van der Waals surface area contributed by atoms with Crippen molar-refractivity contribution in [2.24, 2.45) is 7.05 Å². The molecule has 0 fully saturated rings. The van der Waals surface area contributed by atoms with E-state index in [0.717, 1.165) is 0 Å². The number of nitrogens with two attached hydrogens (primary N) is 1. The number of carbonyl (C=O) groups is 1. The van der Waals surface area contributed by atoms with Gasteiger partial charge in [0.1, 0.15) is 17.1 Å². The van der Waals surface area contributed by atoms with Crippen LogP contribution in [-0.2, 0) is 7.05 Å². The molecule has 2 aromatic rings. The fourth-order valence-corrected chi connectivity index (χ4v) is 2.07. The summed E-state index contributed by atoms with van der Waals surface area (Å²) in [4.78, 5) is 12.5. The number of hydrogen-bond donors (Lipinski definition) is 2. The molecule has 1 heterocycles. The van der Waals surface area contributed by atoms with Crippen molar-refractivity contribution >= 4 is 17.4 Å². The fourth-order valence-electron chi connectivity index (χ4n) is 2.07. The average Bonchev–Trinajstić information content (AvgIpc) is 2.72. The van der Waals surface area contributed by atoms with Crippen LogP contribution in [0.1, 0.15) is 16.1 Å². The van der Waals surface area contributed by atoms with Gasteiger partial charge in [-0.2, -0.15) is 5.10 Å². The fraction of sp³-hybridized carbons (Fsp3) is 0.286. The maximum Gasteiger partial charge on any atom is 0.264 e. The van der Waals surface area contributed by atoms with Crippen molar-refractivity contribution in [1.29, 1.82) is 0 Å². The lowest BCUT2D eigenvalue weighted by Crippen LogP contribution is -2.17. The van der Waals surface area contributed by atoms with Crippen LogP contribution in [0.25, 0.3) is 0 Å². The van der Waals surface area contributed by atoms with Crippen LogP contribution in [0.2, 0.25) is 0 Å². The Morgan fingerprint density at radius 3 is 2.29 bits per heavy atom. The number of anilines is 2. The molecule has 0 bridgehead atoms. The summed E-state index contributed by atoms with van der Waals surface area (Å²) in [6.45, 7) is 1.77. The third kappa shape index (κ3) is 2.62.